The van der Waals surface area contributed by atoms with Gasteiger partial charge in [-0.05, 0) is 85.8 Å². The first-order valence-corrected chi connectivity index (χ1v) is 8.23. The lowest BCUT2D eigenvalue weighted by Gasteiger charge is -2.57. The fraction of sp³-hybridized carbons (Fsp3) is 0.765. The van der Waals surface area contributed by atoms with Crippen LogP contribution in [-0.2, 0) is 18.4 Å². The maximum absolute atomic E-state index is 3.59. The Morgan fingerprint density at radius 2 is 1.68 bits per heavy atom. The molecule has 0 saturated heterocycles. The first kappa shape index (κ1) is 11.0. The first-order chi connectivity index (χ1) is 9.32. The number of rotatable bonds is 1. The van der Waals surface area contributed by atoms with Gasteiger partial charge in [-0.1, -0.05) is 0 Å². The van der Waals surface area contributed by atoms with Gasteiger partial charge in [-0.25, -0.2) is 0 Å². The number of fused-ring (bicyclic) bond motifs is 1. The zero-order chi connectivity index (χ0) is 12.4. The summed E-state index contributed by atoms with van der Waals surface area (Å²) in [4.78, 5) is 3.59. The summed E-state index contributed by atoms with van der Waals surface area (Å²) in [6.45, 7) is 2.23. The van der Waals surface area contributed by atoms with E-state index in [1.165, 1.54) is 37.9 Å². The van der Waals surface area contributed by atoms with E-state index in [4.69, 9.17) is 0 Å². The average molecular weight is 256 g/mol. The predicted molar refractivity (Wildman–Crippen MR) is 76.1 cm³/mol. The van der Waals surface area contributed by atoms with Crippen LogP contribution in [0.25, 0.3) is 0 Å². The fourth-order valence-corrected chi connectivity index (χ4v) is 6.28. The summed E-state index contributed by atoms with van der Waals surface area (Å²) in [7, 11) is 0. The molecule has 1 aliphatic heterocycles. The van der Waals surface area contributed by atoms with E-state index in [0.29, 0.717) is 5.41 Å². The van der Waals surface area contributed by atoms with E-state index >= 15 is 0 Å². The highest BCUT2D eigenvalue weighted by Crippen LogP contribution is 2.61. The molecule has 5 aliphatic rings. The Hall–Kier alpha value is -0.760. The lowest BCUT2D eigenvalue weighted by atomic mass is 9.48. The molecule has 19 heavy (non-hydrogen) atoms. The van der Waals surface area contributed by atoms with E-state index in [-0.39, 0.29) is 0 Å². The lowest BCUT2D eigenvalue weighted by molar-refractivity contribution is -0.00553. The van der Waals surface area contributed by atoms with Crippen LogP contribution in [0.1, 0.15) is 55.3 Å². The van der Waals surface area contributed by atoms with Crippen molar-refractivity contribution in [1.29, 1.82) is 0 Å². The Morgan fingerprint density at radius 3 is 2.37 bits per heavy atom. The molecule has 1 aromatic heterocycles. The highest BCUT2D eigenvalue weighted by atomic mass is 14.9. The maximum atomic E-state index is 3.59. The molecule has 4 bridgehead atoms. The fourth-order valence-electron chi connectivity index (χ4n) is 6.28. The molecule has 0 spiro atoms. The van der Waals surface area contributed by atoms with Crippen molar-refractivity contribution in [3.63, 3.8) is 0 Å². The summed E-state index contributed by atoms with van der Waals surface area (Å²) in [5.41, 5.74) is 5.50. The van der Waals surface area contributed by atoms with Gasteiger partial charge in [-0.2, -0.15) is 0 Å². The molecule has 2 heteroatoms. The van der Waals surface area contributed by atoms with Crippen LogP contribution in [0.3, 0.4) is 0 Å². The second-order valence-electron chi connectivity index (χ2n) is 7.78. The second kappa shape index (κ2) is 3.66. The van der Waals surface area contributed by atoms with Crippen LogP contribution < -0.4 is 5.32 Å². The highest BCUT2D eigenvalue weighted by Gasteiger charge is 2.52. The van der Waals surface area contributed by atoms with Crippen LogP contribution in [0.2, 0.25) is 0 Å². The monoisotopic (exact) mass is 256 g/mol. The van der Waals surface area contributed by atoms with E-state index < -0.39 is 0 Å². The molecular formula is C17H24N2. The molecule has 0 radical (unpaired) electrons. The van der Waals surface area contributed by atoms with E-state index in [1.807, 2.05) is 0 Å². The lowest BCUT2D eigenvalue weighted by Crippen LogP contribution is -2.48. The largest absolute Gasteiger partial charge is 0.363 e. The summed E-state index contributed by atoms with van der Waals surface area (Å²) >= 11 is 0. The molecule has 0 aromatic carbocycles. The molecule has 4 saturated carbocycles. The average Bonchev–Trinajstić information content (AvgIpc) is 2.81. The summed E-state index contributed by atoms with van der Waals surface area (Å²) in [5, 5.41) is 3.50. The first-order valence-electron chi connectivity index (χ1n) is 8.23. The third-order valence-electron chi connectivity index (χ3n) is 6.54. The molecule has 2 heterocycles. The van der Waals surface area contributed by atoms with Crippen molar-refractivity contribution < 1.29 is 0 Å². The number of nitrogens with one attached hydrogen (secondary N) is 2. The van der Waals surface area contributed by atoms with Crippen molar-refractivity contribution in [1.82, 2.24) is 10.3 Å². The molecule has 4 fully saturated rings. The molecule has 0 unspecified atom stereocenters. The Balaban J connectivity index is 1.60. The van der Waals surface area contributed by atoms with Crippen molar-refractivity contribution in [2.24, 2.45) is 17.8 Å². The van der Waals surface area contributed by atoms with Crippen LogP contribution in [0.5, 0.6) is 0 Å². The van der Waals surface area contributed by atoms with E-state index in [2.05, 4.69) is 16.5 Å². The van der Waals surface area contributed by atoms with Gasteiger partial charge < -0.3 is 10.3 Å². The number of aromatic amines is 1. The van der Waals surface area contributed by atoms with Crippen LogP contribution in [0.15, 0.2) is 6.20 Å². The van der Waals surface area contributed by atoms with Crippen molar-refractivity contribution in [2.45, 2.75) is 56.9 Å². The zero-order valence-corrected chi connectivity index (χ0v) is 11.7. The number of aromatic nitrogens is 1. The normalized spacial score (nSPS) is 43.5. The van der Waals surface area contributed by atoms with Gasteiger partial charge in [0.1, 0.15) is 0 Å². The number of hydrogen-bond acceptors (Lipinski definition) is 1. The summed E-state index contributed by atoms with van der Waals surface area (Å²) < 4.78 is 0. The van der Waals surface area contributed by atoms with E-state index in [9.17, 15) is 0 Å². The highest BCUT2D eigenvalue weighted by molar-refractivity contribution is 5.40. The standard InChI is InChI=1S/C17H24N2/c1-2-18-10-16-14(1)15(9-19-16)17-6-11-3-12(7-17)5-13(4-11)8-17/h9,11-13,18-19H,1-8,10H2. The second-order valence-corrected chi connectivity index (χ2v) is 7.78. The molecule has 1 aromatic rings. The summed E-state index contributed by atoms with van der Waals surface area (Å²) in [5.74, 6) is 3.16. The van der Waals surface area contributed by atoms with Gasteiger partial charge in [0.15, 0.2) is 0 Å². The van der Waals surface area contributed by atoms with Crippen LogP contribution >= 0.6 is 0 Å². The number of H-pyrrole nitrogens is 1. The number of hydrogen-bond donors (Lipinski definition) is 2. The maximum Gasteiger partial charge on any atom is 0.0360 e. The Kier molecular flexibility index (Phi) is 2.11. The molecule has 2 N–H and O–H groups in total. The Labute approximate surface area is 115 Å². The van der Waals surface area contributed by atoms with Crippen LogP contribution in [0.4, 0.5) is 0 Å². The Bertz CT molecular complexity index is 478. The molecule has 2 nitrogen and oxygen atoms in total. The minimum absolute atomic E-state index is 0.580. The molecular weight excluding hydrogens is 232 g/mol. The molecule has 102 valence electrons. The van der Waals surface area contributed by atoms with Crippen molar-refractivity contribution in [3.05, 3.63) is 23.0 Å². The molecule has 0 atom stereocenters. The van der Waals surface area contributed by atoms with Gasteiger partial charge >= 0.3 is 0 Å². The minimum Gasteiger partial charge on any atom is -0.363 e. The van der Waals surface area contributed by atoms with E-state index in [1.54, 1.807) is 30.4 Å². The van der Waals surface area contributed by atoms with Crippen molar-refractivity contribution in [3.8, 4) is 0 Å². The summed E-state index contributed by atoms with van der Waals surface area (Å²) in [6, 6.07) is 0. The van der Waals surface area contributed by atoms with Crippen LogP contribution in [0, 0.1) is 17.8 Å². The topological polar surface area (TPSA) is 27.8 Å². The Morgan fingerprint density at radius 1 is 1.00 bits per heavy atom. The third-order valence-corrected chi connectivity index (χ3v) is 6.54. The predicted octanol–water partition coefficient (Wildman–Crippen LogP) is 3.13. The minimum atomic E-state index is 0.580. The molecule has 0 amide bonds. The zero-order valence-electron chi connectivity index (χ0n) is 11.7. The van der Waals surface area contributed by atoms with Gasteiger partial charge in [0.2, 0.25) is 0 Å². The smallest absolute Gasteiger partial charge is 0.0360 e. The van der Waals surface area contributed by atoms with Crippen molar-refractivity contribution >= 4 is 0 Å². The molecule has 4 aliphatic carbocycles. The van der Waals surface area contributed by atoms with Crippen molar-refractivity contribution in [2.75, 3.05) is 6.54 Å². The van der Waals surface area contributed by atoms with Gasteiger partial charge in [0, 0.05) is 18.4 Å². The SMILES string of the molecule is c1[nH]c2c(c1C13CC4CC(CC(C4)C1)C3)CCNC2. The van der Waals surface area contributed by atoms with Gasteiger partial charge in [-0.3, -0.25) is 0 Å². The van der Waals surface area contributed by atoms with E-state index in [0.717, 1.165) is 24.3 Å². The van der Waals surface area contributed by atoms with Gasteiger partial charge in [-0.15, -0.1) is 0 Å². The molecule has 6 rings (SSSR count). The van der Waals surface area contributed by atoms with Crippen LogP contribution in [-0.4, -0.2) is 11.5 Å². The quantitative estimate of drug-likeness (QED) is 0.794. The van der Waals surface area contributed by atoms with Gasteiger partial charge in [0.25, 0.3) is 0 Å². The third kappa shape index (κ3) is 1.47. The summed E-state index contributed by atoms with van der Waals surface area (Å²) in [6.07, 6.45) is 12.8. The van der Waals surface area contributed by atoms with Gasteiger partial charge in [0.05, 0.1) is 0 Å².